The fraction of sp³-hybridized carbons (Fsp3) is 0.364. The number of amides is 2. The average molecular weight is 446 g/mol. The summed E-state index contributed by atoms with van der Waals surface area (Å²) in [6.45, 7) is 4.26. The van der Waals surface area contributed by atoms with E-state index in [9.17, 15) is 18.0 Å². The zero-order valence-electron chi connectivity index (χ0n) is 17.6. The van der Waals surface area contributed by atoms with Crippen LogP contribution in [-0.4, -0.2) is 44.2 Å². The molecule has 0 bridgehead atoms. The van der Waals surface area contributed by atoms with E-state index in [1.54, 1.807) is 36.4 Å². The molecule has 166 valence electrons. The van der Waals surface area contributed by atoms with Crippen molar-refractivity contribution in [2.75, 3.05) is 30.3 Å². The number of benzene rings is 2. The van der Waals surface area contributed by atoms with Crippen molar-refractivity contribution >= 4 is 33.2 Å². The highest BCUT2D eigenvalue weighted by Gasteiger charge is 2.33. The van der Waals surface area contributed by atoms with Crippen LogP contribution in [0.5, 0.6) is 5.75 Å². The standard InChI is InChI=1S/C22H27N3O5S/c1-3-30-20-9-11-21(12-10-20)31(28,29)25-13-5-6-17(15-25)22(27)24-19-8-4-7-18(14-19)23-16(2)26/h4,7-12,14,17H,3,5-6,13,15H2,1-2H3,(H,23,26)(H,24,27)/t17-/m1/s1. The van der Waals surface area contributed by atoms with Crippen molar-refractivity contribution in [1.29, 1.82) is 0 Å². The second-order valence-electron chi connectivity index (χ2n) is 7.36. The summed E-state index contributed by atoms with van der Waals surface area (Å²) in [6, 6.07) is 13.2. The van der Waals surface area contributed by atoms with Crippen molar-refractivity contribution in [2.24, 2.45) is 5.92 Å². The second-order valence-corrected chi connectivity index (χ2v) is 9.30. The minimum atomic E-state index is -3.70. The number of hydrogen-bond acceptors (Lipinski definition) is 5. The predicted octanol–water partition coefficient (Wildman–Crippen LogP) is 3.08. The number of carbonyl (C=O) groups excluding carboxylic acids is 2. The lowest BCUT2D eigenvalue weighted by molar-refractivity contribution is -0.121. The van der Waals surface area contributed by atoms with E-state index in [2.05, 4.69) is 10.6 Å². The molecule has 2 amide bonds. The monoisotopic (exact) mass is 445 g/mol. The Kier molecular flexibility index (Phi) is 7.29. The fourth-order valence-corrected chi connectivity index (χ4v) is 5.04. The first kappa shape index (κ1) is 22.8. The summed E-state index contributed by atoms with van der Waals surface area (Å²) in [6.07, 6.45) is 1.20. The highest BCUT2D eigenvalue weighted by atomic mass is 32.2. The first-order valence-corrected chi connectivity index (χ1v) is 11.6. The number of nitrogens with zero attached hydrogens (tertiary/aromatic N) is 1. The highest BCUT2D eigenvalue weighted by Crippen LogP contribution is 2.26. The Morgan fingerprint density at radius 2 is 1.77 bits per heavy atom. The number of nitrogens with one attached hydrogen (secondary N) is 2. The summed E-state index contributed by atoms with van der Waals surface area (Å²) >= 11 is 0. The molecule has 0 saturated carbocycles. The maximum absolute atomic E-state index is 13.0. The fourth-order valence-electron chi connectivity index (χ4n) is 3.52. The molecule has 1 heterocycles. The first-order chi connectivity index (χ1) is 14.8. The van der Waals surface area contributed by atoms with E-state index in [1.165, 1.54) is 23.4 Å². The van der Waals surface area contributed by atoms with Crippen molar-refractivity contribution in [3.63, 3.8) is 0 Å². The molecule has 0 radical (unpaired) electrons. The van der Waals surface area contributed by atoms with Crippen molar-refractivity contribution in [3.05, 3.63) is 48.5 Å². The van der Waals surface area contributed by atoms with Crippen molar-refractivity contribution < 1.29 is 22.7 Å². The number of rotatable bonds is 7. The van der Waals surface area contributed by atoms with E-state index < -0.39 is 15.9 Å². The van der Waals surface area contributed by atoms with Gasteiger partial charge in [0.25, 0.3) is 0 Å². The zero-order valence-corrected chi connectivity index (χ0v) is 18.4. The highest BCUT2D eigenvalue weighted by molar-refractivity contribution is 7.89. The molecule has 2 N–H and O–H groups in total. The third-order valence-electron chi connectivity index (χ3n) is 4.98. The molecule has 2 aromatic carbocycles. The predicted molar refractivity (Wildman–Crippen MR) is 118 cm³/mol. The average Bonchev–Trinajstić information content (AvgIpc) is 2.74. The van der Waals surface area contributed by atoms with Gasteiger partial charge >= 0.3 is 0 Å². The van der Waals surface area contributed by atoms with E-state index in [0.29, 0.717) is 43.1 Å². The first-order valence-electron chi connectivity index (χ1n) is 10.2. The Bertz CT molecular complexity index is 1040. The van der Waals surface area contributed by atoms with Gasteiger partial charge in [-0.2, -0.15) is 4.31 Å². The molecule has 0 aliphatic carbocycles. The van der Waals surface area contributed by atoms with Crippen LogP contribution in [-0.2, 0) is 19.6 Å². The summed E-state index contributed by atoms with van der Waals surface area (Å²) in [5, 5.41) is 5.50. The van der Waals surface area contributed by atoms with Crippen LogP contribution >= 0.6 is 0 Å². The number of anilines is 2. The molecule has 8 nitrogen and oxygen atoms in total. The van der Waals surface area contributed by atoms with Crippen molar-refractivity contribution in [3.8, 4) is 5.75 Å². The Hall–Kier alpha value is -2.91. The number of piperidine rings is 1. The molecular weight excluding hydrogens is 418 g/mol. The van der Waals surface area contributed by atoms with Crippen LogP contribution < -0.4 is 15.4 Å². The van der Waals surface area contributed by atoms with E-state index in [4.69, 9.17) is 4.74 Å². The van der Waals surface area contributed by atoms with Gasteiger partial charge in [-0.1, -0.05) is 6.07 Å². The molecule has 9 heteroatoms. The quantitative estimate of drug-likeness (QED) is 0.681. The van der Waals surface area contributed by atoms with E-state index >= 15 is 0 Å². The molecule has 1 aliphatic rings. The van der Waals surface area contributed by atoms with Gasteiger partial charge in [0.1, 0.15) is 5.75 Å². The molecular formula is C22H27N3O5S. The molecule has 0 spiro atoms. The van der Waals surface area contributed by atoms with Gasteiger partial charge in [0.15, 0.2) is 0 Å². The van der Waals surface area contributed by atoms with Crippen LogP contribution in [0.4, 0.5) is 11.4 Å². The molecule has 0 unspecified atom stereocenters. The second kappa shape index (κ2) is 9.93. The molecule has 0 aromatic heterocycles. The van der Waals surface area contributed by atoms with Crippen LogP contribution in [0.1, 0.15) is 26.7 Å². The van der Waals surface area contributed by atoms with E-state index in [-0.39, 0.29) is 23.3 Å². The van der Waals surface area contributed by atoms with Gasteiger partial charge in [-0.15, -0.1) is 0 Å². The molecule has 31 heavy (non-hydrogen) atoms. The zero-order chi connectivity index (χ0) is 22.4. The Labute approximate surface area is 182 Å². The number of ether oxygens (including phenoxy) is 1. The van der Waals surface area contributed by atoms with Gasteiger partial charge in [0.05, 0.1) is 17.4 Å². The van der Waals surface area contributed by atoms with E-state index in [0.717, 1.165) is 0 Å². The maximum atomic E-state index is 13.0. The Morgan fingerprint density at radius 1 is 1.10 bits per heavy atom. The lowest BCUT2D eigenvalue weighted by atomic mass is 9.98. The Morgan fingerprint density at radius 3 is 2.42 bits per heavy atom. The lowest BCUT2D eigenvalue weighted by Crippen LogP contribution is -2.43. The van der Waals surface area contributed by atoms with Gasteiger partial charge in [0, 0.05) is 31.4 Å². The smallest absolute Gasteiger partial charge is 0.243 e. The van der Waals surface area contributed by atoms with Gasteiger partial charge in [-0.05, 0) is 62.2 Å². The van der Waals surface area contributed by atoms with Crippen LogP contribution in [0.25, 0.3) is 0 Å². The van der Waals surface area contributed by atoms with Crippen molar-refractivity contribution in [2.45, 2.75) is 31.6 Å². The van der Waals surface area contributed by atoms with Gasteiger partial charge in [-0.3, -0.25) is 9.59 Å². The number of carbonyl (C=O) groups is 2. The van der Waals surface area contributed by atoms with E-state index in [1.807, 2.05) is 6.92 Å². The van der Waals surface area contributed by atoms with Gasteiger partial charge in [0.2, 0.25) is 21.8 Å². The summed E-state index contributed by atoms with van der Waals surface area (Å²) in [5.74, 6) is -0.299. The summed E-state index contributed by atoms with van der Waals surface area (Å²) in [4.78, 5) is 24.2. The lowest BCUT2D eigenvalue weighted by Gasteiger charge is -2.31. The molecule has 3 rings (SSSR count). The van der Waals surface area contributed by atoms with Gasteiger partial charge < -0.3 is 15.4 Å². The summed E-state index contributed by atoms with van der Waals surface area (Å²) in [5.41, 5.74) is 1.12. The molecule has 1 atom stereocenters. The minimum absolute atomic E-state index is 0.118. The Balaban J connectivity index is 1.68. The van der Waals surface area contributed by atoms with Crippen LogP contribution in [0.2, 0.25) is 0 Å². The third kappa shape index (κ3) is 5.83. The molecule has 1 aliphatic heterocycles. The SMILES string of the molecule is CCOc1ccc(S(=O)(=O)N2CCC[C@@H](C(=O)Nc3cccc(NC(C)=O)c3)C2)cc1. The summed E-state index contributed by atoms with van der Waals surface area (Å²) in [7, 11) is -3.70. The summed E-state index contributed by atoms with van der Waals surface area (Å²) < 4.78 is 32.8. The topological polar surface area (TPSA) is 105 Å². The van der Waals surface area contributed by atoms with Crippen LogP contribution in [0.3, 0.4) is 0 Å². The number of hydrogen-bond donors (Lipinski definition) is 2. The minimum Gasteiger partial charge on any atom is -0.494 e. The molecule has 1 fully saturated rings. The number of sulfonamides is 1. The third-order valence-corrected chi connectivity index (χ3v) is 6.86. The van der Waals surface area contributed by atoms with Crippen LogP contribution in [0.15, 0.2) is 53.4 Å². The molecule has 2 aromatic rings. The van der Waals surface area contributed by atoms with Crippen molar-refractivity contribution in [1.82, 2.24) is 4.31 Å². The normalized spacial score (nSPS) is 17.0. The molecule has 1 saturated heterocycles. The van der Waals surface area contributed by atoms with Gasteiger partial charge in [-0.25, -0.2) is 8.42 Å². The maximum Gasteiger partial charge on any atom is 0.243 e. The largest absolute Gasteiger partial charge is 0.494 e. The van der Waals surface area contributed by atoms with Crippen LogP contribution in [0, 0.1) is 5.92 Å².